The molecule has 0 bridgehead atoms. The van der Waals surface area contributed by atoms with E-state index in [1.54, 1.807) is 22.7 Å². The summed E-state index contributed by atoms with van der Waals surface area (Å²) < 4.78 is 17.9. The van der Waals surface area contributed by atoms with Crippen molar-refractivity contribution >= 4 is 33.6 Å². The number of amides is 1. The zero-order valence-corrected chi connectivity index (χ0v) is 20.7. The molecule has 0 fully saturated rings. The molecule has 1 N–H and O–H groups in total. The number of nitro benzene ring substituents is 1. The van der Waals surface area contributed by atoms with Crippen LogP contribution in [0.4, 0.5) is 11.4 Å². The Morgan fingerprint density at radius 3 is 2.70 bits per heavy atom. The first-order chi connectivity index (χ1) is 17.9. The Morgan fingerprint density at radius 1 is 1.14 bits per heavy atom. The van der Waals surface area contributed by atoms with E-state index in [0.717, 1.165) is 11.4 Å². The average Bonchev–Trinajstić information content (AvgIpc) is 3.64. The number of aromatic nitrogens is 4. The van der Waals surface area contributed by atoms with Gasteiger partial charge in [0.2, 0.25) is 4.96 Å². The van der Waals surface area contributed by atoms with E-state index in [2.05, 4.69) is 20.6 Å². The number of nitrogens with one attached hydrogen (secondary N) is 1. The highest BCUT2D eigenvalue weighted by Gasteiger charge is 2.22. The van der Waals surface area contributed by atoms with E-state index in [-0.39, 0.29) is 22.8 Å². The van der Waals surface area contributed by atoms with Crippen molar-refractivity contribution in [3.63, 3.8) is 0 Å². The van der Waals surface area contributed by atoms with Crippen molar-refractivity contribution in [1.29, 1.82) is 0 Å². The van der Waals surface area contributed by atoms with Crippen molar-refractivity contribution < 1.29 is 23.6 Å². The molecule has 0 spiro atoms. The van der Waals surface area contributed by atoms with Gasteiger partial charge in [-0.2, -0.15) is 9.61 Å². The second-order valence-electron chi connectivity index (χ2n) is 7.74. The molecule has 0 aliphatic carbocycles. The maximum Gasteiger partial charge on any atom is 0.291 e. The summed E-state index contributed by atoms with van der Waals surface area (Å²) in [4.78, 5) is 24.7. The van der Waals surface area contributed by atoms with E-state index in [1.165, 1.54) is 49.8 Å². The van der Waals surface area contributed by atoms with E-state index in [4.69, 9.17) is 13.9 Å². The fourth-order valence-electron chi connectivity index (χ4n) is 3.72. The number of rotatable bonds is 8. The number of carbonyl (C=O) groups excluding carboxylic acids is 1. The number of anilines is 1. The van der Waals surface area contributed by atoms with E-state index >= 15 is 0 Å². The third-order valence-corrected chi connectivity index (χ3v) is 6.51. The van der Waals surface area contributed by atoms with Gasteiger partial charge in [-0.1, -0.05) is 18.3 Å². The van der Waals surface area contributed by atoms with Gasteiger partial charge in [0.15, 0.2) is 11.6 Å². The summed E-state index contributed by atoms with van der Waals surface area (Å²) in [5.41, 5.74) is 1.17. The molecule has 3 aromatic heterocycles. The lowest BCUT2D eigenvalue weighted by Gasteiger charge is -2.10. The quantitative estimate of drug-likeness (QED) is 0.224. The largest absolute Gasteiger partial charge is 0.497 e. The molecule has 1 amide bonds. The highest BCUT2D eigenvalue weighted by molar-refractivity contribution is 7.19. The van der Waals surface area contributed by atoms with E-state index < -0.39 is 10.8 Å². The maximum absolute atomic E-state index is 13.0. The first-order valence-electron chi connectivity index (χ1n) is 11.0. The number of nitrogens with zero attached hydrogens (tertiary/aromatic N) is 5. The Morgan fingerprint density at radius 2 is 1.97 bits per heavy atom. The van der Waals surface area contributed by atoms with Gasteiger partial charge in [0.1, 0.15) is 22.3 Å². The fourth-order valence-corrected chi connectivity index (χ4v) is 4.57. The standard InChI is InChI=1S/C24H20N6O6S/c1-4-21-26-27-24-29(21)28-23(37-24)13-5-8-19(35-3)16(11-13)25-22(31)20-10-9-18(36-20)15-7-6-14(34-2)12-17(15)30(32)33/h5-12H,4H2,1-3H3,(H,25,31). The lowest BCUT2D eigenvalue weighted by atomic mass is 10.1. The van der Waals surface area contributed by atoms with Crippen LogP contribution in [0.3, 0.4) is 0 Å². The number of aryl methyl sites for hydroxylation is 1. The molecule has 0 radical (unpaired) electrons. The zero-order valence-electron chi connectivity index (χ0n) is 19.9. The Bertz CT molecular complexity index is 1640. The lowest BCUT2D eigenvalue weighted by molar-refractivity contribution is -0.384. The monoisotopic (exact) mass is 520 g/mol. The number of ether oxygens (including phenoxy) is 2. The van der Waals surface area contributed by atoms with Crippen LogP contribution in [0.2, 0.25) is 0 Å². The van der Waals surface area contributed by atoms with E-state index in [1.807, 2.05) is 13.0 Å². The van der Waals surface area contributed by atoms with Gasteiger partial charge in [-0.15, -0.1) is 10.2 Å². The molecule has 0 unspecified atom stereocenters. The number of fused-ring (bicyclic) bond motifs is 1. The van der Waals surface area contributed by atoms with Crippen molar-refractivity contribution in [1.82, 2.24) is 19.8 Å². The maximum atomic E-state index is 13.0. The number of carbonyl (C=O) groups is 1. The molecule has 5 rings (SSSR count). The zero-order chi connectivity index (χ0) is 26.1. The van der Waals surface area contributed by atoms with Crippen LogP contribution in [0.25, 0.3) is 26.9 Å². The van der Waals surface area contributed by atoms with Crippen LogP contribution < -0.4 is 14.8 Å². The number of hydrogen-bond donors (Lipinski definition) is 1. The Hall–Kier alpha value is -4.78. The molecule has 13 heteroatoms. The molecule has 0 saturated carbocycles. The third-order valence-electron chi connectivity index (χ3n) is 5.56. The molecule has 0 saturated heterocycles. The van der Waals surface area contributed by atoms with Crippen LogP contribution in [0.5, 0.6) is 11.5 Å². The SMILES string of the molecule is CCc1nnc2sc(-c3ccc(OC)c(NC(=O)c4ccc(-c5ccc(OC)cc5[N+](=O)[O-])o4)c3)nn12. The van der Waals surface area contributed by atoms with Crippen LogP contribution >= 0.6 is 11.3 Å². The molecule has 2 aromatic carbocycles. The van der Waals surface area contributed by atoms with Crippen LogP contribution in [0.15, 0.2) is 52.9 Å². The Labute approximate surface area is 213 Å². The molecule has 0 atom stereocenters. The van der Waals surface area contributed by atoms with Crippen molar-refractivity contribution in [3.05, 3.63) is 70.2 Å². The molecule has 37 heavy (non-hydrogen) atoms. The fraction of sp³-hybridized carbons (Fsp3) is 0.167. The van der Waals surface area contributed by atoms with Crippen LogP contribution in [0.1, 0.15) is 23.3 Å². The first kappa shape index (κ1) is 23.9. The van der Waals surface area contributed by atoms with Gasteiger partial charge in [0, 0.05) is 12.0 Å². The molecule has 188 valence electrons. The smallest absolute Gasteiger partial charge is 0.291 e. The van der Waals surface area contributed by atoms with Gasteiger partial charge in [-0.05, 0) is 42.5 Å². The van der Waals surface area contributed by atoms with Gasteiger partial charge in [-0.25, -0.2) is 0 Å². The Balaban J connectivity index is 1.43. The lowest BCUT2D eigenvalue weighted by Crippen LogP contribution is -2.11. The summed E-state index contributed by atoms with van der Waals surface area (Å²) >= 11 is 1.37. The molecule has 0 aliphatic heterocycles. The second kappa shape index (κ2) is 9.70. The van der Waals surface area contributed by atoms with Crippen molar-refractivity contribution in [2.75, 3.05) is 19.5 Å². The average molecular weight is 521 g/mol. The van der Waals surface area contributed by atoms with Gasteiger partial charge in [0.25, 0.3) is 11.6 Å². The van der Waals surface area contributed by atoms with Crippen molar-refractivity contribution in [2.45, 2.75) is 13.3 Å². The van der Waals surface area contributed by atoms with Gasteiger partial charge < -0.3 is 19.2 Å². The normalized spacial score (nSPS) is 11.0. The van der Waals surface area contributed by atoms with Crippen molar-refractivity contribution in [2.24, 2.45) is 0 Å². The molecule has 3 heterocycles. The third kappa shape index (κ3) is 4.47. The van der Waals surface area contributed by atoms with E-state index in [0.29, 0.717) is 33.6 Å². The first-order valence-corrected chi connectivity index (χ1v) is 11.9. The molecular weight excluding hydrogens is 500 g/mol. The summed E-state index contributed by atoms with van der Waals surface area (Å²) in [6.07, 6.45) is 0.694. The minimum absolute atomic E-state index is 0.0287. The highest BCUT2D eigenvalue weighted by atomic mass is 32.1. The Kier molecular flexibility index (Phi) is 6.27. The molecule has 0 aliphatic rings. The summed E-state index contributed by atoms with van der Waals surface area (Å²) in [5.74, 6) is 1.12. The number of furan rings is 1. The number of nitro groups is 1. The van der Waals surface area contributed by atoms with Crippen LogP contribution in [-0.4, -0.2) is 44.9 Å². The summed E-state index contributed by atoms with van der Waals surface area (Å²) in [7, 11) is 2.92. The van der Waals surface area contributed by atoms with E-state index in [9.17, 15) is 14.9 Å². The molecule has 12 nitrogen and oxygen atoms in total. The predicted molar refractivity (Wildman–Crippen MR) is 135 cm³/mol. The van der Waals surface area contributed by atoms with Crippen LogP contribution in [-0.2, 0) is 6.42 Å². The predicted octanol–water partition coefficient (Wildman–Crippen LogP) is 4.85. The number of benzene rings is 2. The summed E-state index contributed by atoms with van der Waals surface area (Å²) in [6.45, 7) is 1.98. The number of methoxy groups -OCH3 is 2. The minimum Gasteiger partial charge on any atom is -0.497 e. The summed E-state index contributed by atoms with van der Waals surface area (Å²) in [5, 5.41) is 27.9. The van der Waals surface area contributed by atoms with Gasteiger partial charge in [-0.3, -0.25) is 14.9 Å². The topological polar surface area (TPSA) is 147 Å². The van der Waals surface area contributed by atoms with Gasteiger partial charge in [0.05, 0.1) is 36.5 Å². The second-order valence-corrected chi connectivity index (χ2v) is 8.70. The van der Waals surface area contributed by atoms with Crippen molar-refractivity contribution in [3.8, 4) is 33.4 Å². The molecule has 5 aromatic rings. The highest BCUT2D eigenvalue weighted by Crippen LogP contribution is 2.36. The summed E-state index contributed by atoms with van der Waals surface area (Å²) in [6, 6.07) is 12.6. The molecular formula is C24H20N6O6S. The minimum atomic E-state index is -0.552. The van der Waals surface area contributed by atoms with Gasteiger partial charge >= 0.3 is 0 Å². The van der Waals surface area contributed by atoms with Crippen LogP contribution in [0, 0.1) is 10.1 Å². The number of hydrogen-bond acceptors (Lipinski definition) is 10.